The maximum atomic E-state index is 12.9. The Kier molecular flexibility index (Phi) is 5.46. The molecule has 0 saturated heterocycles. The minimum Gasteiger partial charge on any atom is -0.465 e. The van der Waals surface area contributed by atoms with Gasteiger partial charge in [-0.05, 0) is 35.7 Å². The molecule has 0 fully saturated rings. The van der Waals surface area contributed by atoms with E-state index in [1.165, 1.54) is 19.2 Å². The van der Waals surface area contributed by atoms with Crippen molar-refractivity contribution >= 4 is 17.6 Å². The molecule has 0 heterocycles. The predicted octanol–water partition coefficient (Wildman–Crippen LogP) is 3.74. The summed E-state index contributed by atoms with van der Waals surface area (Å²) in [6, 6.07) is 12.7. The first kappa shape index (κ1) is 16.7. The largest absolute Gasteiger partial charge is 0.465 e. The second kappa shape index (κ2) is 7.54. The van der Waals surface area contributed by atoms with Gasteiger partial charge in [-0.2, -0.15) is 0 Å². The summed E-state index contributed by atoms with van der Waals surface area (Å²) in [7, 11) is 1.29. The number of anilines is 1. The van der Waals surface area contributed by atoms with E-state index in [9.17, 15) is 14.0 Å². The quantitative estimate of drug-likeness (QED) is 0.855. The fraction of sp³-hybridized carbons (Fsp3) is 0.222. The Balaban J connectivity index is 2.05. The minimum atomic E-state index is -0.507. The van der Waals surface area contributed by atoms with Crippen molar-refractivity contribution in [3.63, 3.8) is 0 Å². The zero-order chi connectivity index (χ0) is 16.8. The van der Waals surface area contributed by atoms with Crippen LogP contribution in [-0.2, 0) is 9.53 Å². The molecule has 1 atom stereocenters. The molecule has 4 nitrogen and oxygen atoms in total. The Bertz CT molecular complexity index is 698. The normalized spacial score (nSPS) is 11.6. The van der Waals surface area contributed by atoms with Gasteiger partial charge in [0.15, 0.2) is 0 Å². The molecular weight excluding hydrogens is 297 g/mol. The number of para-hydroxylation sites is 1. The molecule has 2 aromatic rings. The Hall–Kier alpha value is -2.69. The number of hydrogen-bond acceptors (Lipinski definition) is 3. The molecule has 120 valence electrons. The maximum Gasteiger partial charge on any atom is 0.339 e. The molecule has 0 aromatic heterocycles. The van der Waals surface area contributed by atoms with Gasteiger partial charge in [-0.15, -0.1) is 0 Å². The third kappa shape index (κ3) is 4.39. The summed E-state index contributed by atoms with van der Waals surface area (Å²) < 4.78 is 17.6. The van der Waals surface area contributed by atoms with E-state index >= 15 is 0 Å². The van der Waals surface area contributed by atoms with Crippen molar-refractivity contribution in [2.24, 2.45) is 0 Å². The molecule has 23 heavy (non-hydrogen) atoms. The van der Waals surface area contributed by atoms with Crippen molar-refractivity contribution in [1.29, 1.82) is 0 Å². The lowest BCUT2D eigenvalue weighted by molar-refractivity contribution is -0.116. The molecule has 5 heteroatoms. The van der Waals surface area contributed by atoms with Crippen LogP contribution in [0.5, 0.6) is 0 Å². The lowest BCUT2D eigenvalue weighted by Gasteiger charge is -2.13. The van der Waals surface area contributed by atoms with E-state index in [4.69, 9.17) is 4.74 Å². The van der Waals surface area contributed by atoms with Crippen molar-refractivity contribution in [3.05, 3.63) is 65.5 Å². The highest BCUT2D eigenvalue weighted by molar-refractivity contribution is 6.01. The van der Waals surface area contributed by atoms with Gasteiger partial charge in [0.25, 0.3) is 0 Å². The molecule has 1 amide bonds. The summed E-state index contributed by atoms with van der Waals surface area (Å²) in [6.45, 7) is 1.89. The zero-order valence-electron chi connectivity index (χ0n) is 13.0. The molecule has 1 N–H and O–H groups in total. The zero-order valence-corrected chi connectivity index (χ0v) is 13.0. The molecule has 0 bridgehead atoms. The number of ether oxygens (including phenoxy) is 1. The number of halogens is 1. The fourth-order valence-electron chi connectivity index (χ4n) is 2.27. The van der Waals surface area contributed by atoms with Gasteiger partial charge in [0, 0.05) is 6.42 Å². The molecule has 0 aliphatic heterocycles. The van der Waals surface area contributed by atoms with E-state index in [1.54, 1.807) is 36.4 Å². The van der Waals surface area contributed by atoms with E-state index in [0.717, 1.165) is 5.56 Å². The van der Waals surface area contributed by atoms with Crippen molar-refractivity contribution in [2.45, 2.75) is 19.3 Å². The van der Waals surface area contributed by atoms with E-state index in [2.05, 4.69) is 5.32 Å². The Labute approximate surface area is 134 Å². The lowest BCUT2D eigenvalue weighted by atomic mass is 9.97. The van der Waals surface area contributed by atoms with Crippen LogP contribution >= 0.6 is 0 Å². The molecule has 0 aliphatic rings. The van der Waals surface area contributed by atoms with Crippen LogP contribution in [0.15, 0.2) is 48.5 Å². The summed E-state index contributed by atoms with van der Waals surface area (Å²) in [5.74, 6) is -1.11. The number of methoxy groups -OCH3 is 1. The molecule has 0 saturated carbocycles. The van der Waals surface area contributed by atoms with Gasteiger partial charge >= 0.3 is 5.97 Å². The first-order valence-electron chi connectivity index (χ1n) is 7.24. The van der Waals surface area contributed by atoms with E-state index in [-0.39, 0.29) is 24.1 Å². The number of esters is 1. The lowest BCUT2D eigenvalue weighted by Crippen LogP contribution is -2.17. The summed E-state index contributed by atoms with van der Waals surface area (Å²) in [5, 5.41) is 2.72. The third-order valence-corrected chi connectivity index (χ3v) is 3.54. The summed E-state index contributed by atoms with van der Waals surface area (Å²) in [5.41, 5.74) is 1.59. The number of hydrogen-bond donors (Lipinski definition) is 1. The molecule has 2 rings (SSSR count). The van der Waals surface area contributed by atoms with Crippen LogP contribution in [0.2, 0.25) is 0 Å². The van der Waals surface area contributed by atoms with E-state index in [1.807, 2.05) is 6.92 Å². The van der Waals surface area contributed by atoms with Crippen molar-refractivity contribution in [2.75, 3.05) is 12.4 Å². The number of nitrogens with one attached hydrogen (secondary N) is 1. The fourth-order valence-corrected chi connectivity index (χ4v) is 2.27. The van der Waals surface area contributed by atoms with Gasteiger partial charge in [0.1, 0.15) is 5.82 Å². The Morgan fingerprint density at radius 3 is 2.43 bits per heavy atom. The van der Waals surface area contributed by atoms with Crippen molar-refractivity contribution < 1.29 is 18.7 Å². The monoisotopic (exact) mass is 315 g/mol. The SMILES string of the molecule is COC(=O)c1ccccc1NC(=O)CC(C)c1ccc(F)cc1. The number of carbonyl (C=O) groups excluding carboxylic acids is 2. The van der Waals surface area contributed by atoms with Crippen LogP contribution in [0.25, 0.3) is 0 Å². The van der Waals surface area contributed by atoms with Crippen molar-refractivity contribution in [1.82, 2.24) is 0 Å². The number of rotatable bonds is 5. The predicted molar refractivity (Wildman–Crippen MR) is 85.8 cm³/mol. The van der Waals surface area contributed by atoms with E-state index in [0.29, 0.717) is 11.3 Å². The molecule has 1 unspecified atom stereocenters. The van der Waals surface area contributed by atoms with Gasteiger partial charge in [0.05, 0.1) is 18.4 Å². The highest BCUT2D eigenvalue weighted by Gasteiger charge is 2.15. The van der Waals surface area contributed by atoms with Gasteiger partial charge in [-0.25, -0.2) is 9.18 Å². The smallest absolute Gasteiger partial charge is 0.339 e. The number of amides is 1. The molecule has 0 radical (unpaired) electrons. The Morgan fingerprint density at radius 1 is 1.13 bits per heavy atom. The molecule has 0 spiro atoms. The number of carbonyl (C=O) groups is 2. The van der Waals surface area contributed by atoms with Crippen LogP contribution in [0.3, 0.4) is 0 Å². The van der Waals surface area contributed by atoms with Crippen LogP contribution in [0.4, 0.5) is 10.1 Å². The Morgan fingerprint density at radius 2 is 1.78 bits per heavy atom. The van der Waals surface area contributed by atoms with Crippen LogP contribution in [0, 0.1) is 5.82 Å². The van der Waals surface area contributed by atoms with Gasteiger partial charge in [-0.3, -0.25) is 4.79 Å². The first-order chi connectivity index (χ1) is 11.0. The van der Waals surface area contributed by atoms with Crippen LogP contribution in [-0.4, -0.2) is 19.0 Å². The second-order valence-corrected chi connectivity index (χ2v) is 5.24. The number of benzene rings is 2. The molecular formula is C18H18FNO3. The summed E-state index contributed by atoms with van der Waals surface area (Å²) in [6.07, 6.45) is 0.223. The van der Waals surface area contributed by atoms with E-state index < -0.39 is 5.97 Å². The van der Waals surface area contributed by atoms with Crippen LogP contribution in [0.1, 0.15) is 35.2 Å². The third-order valence-electron chi connectivity index (χ3n) is 3.54. The first-order valence-corrected chi connectivity index (χ1v) is 7.24. The average Bonchev–Trinajstić information content (AvgIpc) is 2.55. The average molecular weight is 315 g/mol. The standard InChI is InChI=1S/C18H18FNO3/c1-12(13-7-9-14(19)10-8-13)11-17(21)20-16-6-4-3-5-15(16)18(22)23-2/h3-10,12H,11H2,1-2H3,(H,20,21). The van der Waals surface area contributed by atoms with Crippen molar-refractivity contribution in [3.8, 4) is 0 Å². The highest BCUT2D eigenvalue weighted by atomic mass is 19.1. The summed E-state index contributed by atoms with van der Waals surface area (Å²) >= 11 is 0. The van der Waals surface area contributed by atoms with Gasteiger partial charge < -0.3 is 10.1 Å². The van der Waals surface area contributed by atoms with Crippen LogP contribution < -0.4 is 5.32 Å². The molecule has 0 aliphatic carbocycles. The summed E-state index contributed by atoms with van der Waals surface area (Å²) in [4.78, 5) is 23.9. The minimum absolute atomic E-state index is 0.0686. The topological polar surface area (TPSA) is 55.4 Å². The maximum absolute atomic E-state index is 12.9. The molecule has 2 aromatic carbocycles. The highest BCUT2D eigenvalue weighted by Crippen LogP contribution is 2.21. The second-order valence-electron chi connectivity index (χ2n) is 5.24. The van der Waals surface area contributed by atoms with Gasteiger partial charge in [-0.1, -0.05) is 31.2 Å². The van der Waals surface area contributed by atoms with Gasteiger partial charge in [0.2, 0.25) is 5.91 Å².